The van der Waals surface area contributed by atoms with Crippen molar-refractivity contribution in [2.75, 3.05) is 20.6 Å². The van der Waals surface area contributed by atoms with Gasteiger partial charge >= 0.3 is 0 Å². The molecule has 0 aromatic heterocycles. The van der Waals surface area contributed by atoms with Gasteiger partial charge < -0.3 is 16.0 Å². The maximum atomic E-state index is 11.8. The minimum Gasteiger partial charge on any atom is -0.355 e. The summed E-state index contributed by atoms with van der Waals surface area (Å²) in [7, 11) is 4.04. The van der Waals surface area contributed by atoms with Crippen molar-refractivity contribution in [3.63, 3.8) is 0 Å². The Morgan fingerprint density at radius 1 is 1.41 bits per heavy atom. The first kappa shape index (κ1) is 14.5. The average molecular weight is 241 g/mol. The van der Waals surface area contributed by atoms with Crippen LogP contribution in [0.5, 0.6) is 0 Å². The molecule has 3 N–H and O–H groups in total. The largest absolute Gasteiger partial charge is 0.355 e. The van der Waals surface area contributed by atoms with Gasteiger partial charge in [-0.1, -0.05) is 12.8 Å². The minimum atomic E-state index is 0.154. The number of nitrogens with zero attached hydrogens (tertiary/aromatic N) is 1. The van der Waals surface area contributed by atoms with E-state index in [1.165, 1.54) is 12.8 Å². The molecule has 1 saturated carbocycles. The molecule has 0 spiro atoms. The summed E-state index contributed by atoms with van der Waals surface area (Å²) >= 11 is 0. The molecule has 0 heterocycles. The lowest BCUT2D eigenvalue weighted by Gasteiger charge is -2.28. The van der Waals surface area contributed by atoms with Crippen LogP contribution >= 0.6 is 0 Å². The van der Waals surface area contributed by atoms with Gasteiger partial charge in [0, 0.05) is 25.0 Å². The van der Waals surface area contributed by atoms with Crippen LogP contribution in [-0.2, 0) is 4.79 Å². The molecule has 3 atom stereocenters. The second-order valence-corrected chi connectivity index (χ2v) is 5.53. The van der Waals surface area contributed by atoms with Crippen molar-refractivity contribution in [3.8, 4) is 0 Å². The Morgan fingerprint density at radius 3 is 2.65 bits per heavy atom. The van der Waals surface area contributed by atoms with Gasteiger partial charge in [-0.3, -0.25) is 4.79 Å². The molecule has 1 aliphatic carbocycles. The van der Waals surface area contributed by atoms with Crippen molar-refractivity contribution in [2.45, 2.75) is 51.1 Å². The van der Waals surface area contributed by atoms with Gasteiger partial charge in [-0.15, -0.1) is 0 Å². The first-order valence-corrected chi connectivity index (χ1v) is 6.69. The fourth-order valence-corrected chi connectivity index (χ4v) is 2.24. The molecular formula is C13H27N3O. The third-order valence-electron chi connectivity index (χ3n) is 3.89. The third-order valence-corrected chi connectivity index (χ3v) is 3.89. The molecule has 1 amide bonds. The number of likely N-dealkylation sites (N-methyl/N-ethyl adjacent to an activating group) is 1. The predicted molar refractivity (Wildman–Crippen MR) is 70.7 cm³/mol. The van der Waals surface area contributed by atoms with Crippen LogP contribution in [0, 0.1) is 5.92 Å². The van der Waals surface area contributed by atoms with E-state index in [9.17, 15) is 4.79 Å². The Labute approximate surface area is 105 Å². The maximum Gasteiger partial charge on any atom is 0.220 e. The lowest BCUT2D eigenvalue weighted by Crippen LogP contribution is -2.41. The highest BCUT2D eigenvalue weighted by atomic mass is 16.1. The van der Waals surface area contributed by atoms with Gasteiger partial charge in [0.1, 0.15) is 0 Å². The number of nitrogens with two attached hydrogens (primary N) is 1. The van der Waals surface area contributed by atoms with Gasteiger partial charge in [0.05, 0.1) is 0 Å². The third kappa shape index (κ3) is 5.04. The Balaban J connectivity index is 2.24. The van der Waals surface area contributed by atoms with Gasteiger partial charge in [0.25, 0.3) is 0 Å². The first-order valence-electron chi connectivity index (χ1n) is 6.69. The molecule has 17 heavy (non-hydrogen) atoms. The molecule has 3 unspecified atom stereocenters. The summed E-state index contributed by atoms with van der Waals surface area (Å²) in [5.41, 5.74) is 6.04. The Bertz CT molecular complexity index is 243. The van der Waals surface area contributed by atoms with Crippen LogP contribution in [0.1, 0.15) is 39.0 Å². The molecule has 1 fully saturated rings. The van der Waals surface area contributed by atoms with Crippen molar-refractivity contribution in [1.82, 2.24) is 10.2 Å². The summed E-state index contributed by atoms with van der Waals surface area (Å²) in [5.74, 6) is 0.541. The van der Waals surface area contributed by atoms with Gasteiger partial charge in [-0.05, 0) is 39.8 Å². The minimum absolute atomic E-state index is 0.154. The van der Waals surface area contributed by atoms with Crippen LogP contribution in [0.2, 0.25) is 0 Å². The van der Waals surface area contributed by atoms with Crippen LogP contribution in [-0.4, -0.2) is 43.5 Å². The van der Waals surface area contributed by atoms with E-state index in [2.05, 4.69) is 17.1 Å². The molecule has 0 saturated heterocycles. The molecule has 0 radical (unpaired) electrons. The summed E-state index contributed by atoms with van der Waals surface area (Å²) in [4.78, 5) is 13.9. The summed E-state index contributed by atoms with van der Waals surface area (Å²) < 4.78 is 0. The average Bonchev–Trinajstić information content (AvgIpc) is 2.29. The molecule has 4 nitrogen and oxygen atoms in total. The van der Waals surface area contributed by atoms with Crippen molar-refractivity contribution in [3.05, 3.63) is 0 Å². The highest BCUT2D eigenvalue weighted by Crippen LogP contribution is 2.25. The van der Waals surface area contributed by atoms with E-state index in [-0.39, 0.29) is 11.9 Å². The number of rotatable bonds is 5. The van der Waals surface area contributed by atoms with E-state index in [1.54, 1.807) is 0 Å². The van der Waals surface area contributed by atoms with Gasteiger partial charge in [0.15, 0.2) is 0 Å². The Kier molecular flexibility index (Phi) is 5.92. The van der Waals surface area contributed by atoms with Crippen LogP contribution in [0.4, 0.5) is 0 Å². The topological polar surface area (TPSA) is 58.4 Å². The smallest absolute Gasteiger partial charge is 0.220 e. The first-order chi connectivity index (χ1) is 8.00. The zero-order valence-electron chi connectivity index (χ0n) is 11.4. The Morgan fingerprint density at radius 2 is 2.06 bits per heavy atom. The van der Waals surface area contributed by atoms with Crippen molar-refractivity contribution < 1.29 is 4.79 Å². The van der Waals surface area contributed by atoms with Gasteiger partial charge in [0.2, 0.25) is 5.91 Å². The van der Waals surface area contributed by atoms with Crippen molar-refractivity contribution in [1.29, 1.82) is 0 Å². The molecule has 0 aliphatic heterocycles. The number of amides is 1. The summed E-state index contributed by atoms with van der Waals surface area (Å²) in [5, 5.41) is 3.00. The number of carbonyl (C=O) groups is 1. The number of carbonyl (C=O) groups excluding carboxylic acids is 1. The zero-order valence-corrected chi connectivity index (χ0v) is 11.4. The van der Waals surface area contributed by atoms with Gasteiger partial charge in [-0.2, -0.15) is 0 Å². The van der Waals surface area contributed by atoms with Crippen LogP contribution in [0.25, 0.3) is 0 Å². The molecule has 0 bridgehead atoms. The molecule has 0 aromatic carbocycles. The monoisotopic (exact) mass is 241 g/mol. The van der Waals surface area contributed by atoms with E-state index < -0.39 is 0 Å². The highest BCUT2D eigenvalue weighted by Gasteiger charge is 2.24. The normalized spacial score (nSPS) is 26.9. The standard InChI is InChI=1S/C13H27N3O/c1-10(16(2)3)9-15-13(17)8-11-6-4-5-7-12(11)14/h10-12H,4-9,14H2,1-3H3,(H,15,17). The highest BCUT2D eigenvalue weighted by molar-refractivity contribution is 5.76. The number of nitrogens with one attached hydrogen (secondary N) is 1. The maximum absolute atomic E-state index is 11.8. The lowest BCUT2D eigenvalue weighted by molar-refractivity contribution is -0.122. The molecule has 0 aromatic rings. The second kappa shape index (κ2) is 6.97. The second-order valence-electron chi connectivity index (χ2n) is 5.53. The summed E-state index contributed by atoms with van der Waals surface area (Å²) in [6, 6.07) is 0.597. The SMILES string of the molecule is CC(CNC(=O)CC1CCCCC1N)N(C)C. The van der Waals surface area contributed by atoms with E-state index in [1.807, 2.05) is 14.1 Å². The summed E-state index contributed by atoms with van der Waals surface area (Å²) in [6.45, 7) is 2.82. The van der Waals surface area contributed by atoms with E-state index >= 15 is 0 Å². The van der Waals surface area contributed by atoms with Gasteiger partial charge in [-0.25, -0.2) is 0 Å². The number of hydrogen-bond acceptors (Lipinski definition) is 3. The van der Waals surface area contributed by atoms with Crippen LogP contribution < -0.4 is 11.1 Å². The molecule has 1 rings (SSSR count). The van der Waals surface area contributed by atoms with Crippen LogP contribution in [0.15, 0.2) is 0 Å². The quantitative estimate of drug-likeness (QED) is 0.754. The zero-order chi connectivity index (χ0) is 12.8. The molecule has 100 valence electrons. The molecule has 4 heteroatoms. The van der Waals surface area contributed by atoms with Crippen molar-refractivity contribution >= 4 is 5.91 Å². The van der Waals surface area contributed by atoms with Crippen LogP contribution in [0.3, 0.4) is 0 Å². The molecular weight excluding hydrogens is 214 g/mol. The lowest BCUT2D eigenvalue weighted by atomic mass is 9.83. The predicted octanol–water partition coefficient (Wildman–Crippen LogP) is 0.960. The van der Waals surface area contributed by atoms with Crippen molar-refractivity contribution in [2.24, 2.45) is 11.7 Å². The fraction of sp³-hybridized carbons (Fsp3) is 0.923. The fourth-order valence-electron chi connectivity index (χ4n) is 2.24. The van der Waals surface area contributed by atoms with E-state index in [4.69, 9.17) is 5.73 Å². The summed E-state index contributed by atoms with van der Waals surface area (Å²) in [6.07, 6.45) is 5.22. The number of hydrogen-bond donors (Lipinski definition) is 2. The van der Waals surface area contributed by atoms with E-state index in [0.717, 1.165) is 12.8 Å². The molecule has 1 aliphatic rings. The van der Waals surface area contributed by atoms with E-state index in [0.29, 0.717) is 24.9 Å². The Hall–Kier alpha value is -0.610.